The van der Waals surface area contributed by atoms with Crippen LogP contribution in [-0.2, 0) is 6.42 Å². The van der Waals surface area contributed by atoms with Crippen molar-refractivity contribution in [2.75, 3.05) is 5.32 Å². The maximum Gasteiger partial charge on any atom is 0.257 e. The first-order valence-corrected chi connectivity index (χ1v) is 7.51. The summed E-state index contributed by atoms with van der Waals surface area (Å²) in [6.45, 7) is 4.09. The molecule has 0 spiro atoms. The third-order valence-electron chi connectivity index (χ3n) is 3.65. The standard InChI is InChI=1S/C17H16ClN3O/c1-3-15-11(2)21-10-12(4-9-16(21)20-15)17(22)19-14-7-5-13(18)6-8-14/h4-10H,3H2,1-2H3,(H,19,22). The van der Waals surface area contributed by atoms with Gasteiger partial charge in [-0.25, -0.2) is 4.98 Å². The zero-order valence-corrected chi connectivity index (χ0v) is 13.2. The summed E-state index contributed by atoms with van der Waals surface area (Å²) in [7, 11) is 0. The topological polar surface area (TPSA) is 46.4 Å². The monoisotopic (exact) mass is 313 g/mol. The Morgan fingerprint density at radius 2 is 1.95 bits per heavy atom. The predicted molar refractivity (Wildman–Crippen MR) is 88.7 cm³/mol. The van der Waals surface area contributed by atoms with Gasteiger partial charge in [0.2, 0.25) is 0 Å². The van der Waals surface area contributed by atoms with E-state index in [4.69, 9.17) is 11.6 Å². The van der Waals surface area contributed by atoms with E-state index in [1.165, 1.54) is 0 Å². The number of aryl methyl sites for hydroxylation is 2. The fourth-order valence-corrected chi connectivity index (χ4v) is 2.54. The van der Waals surface area contributed by atoms with Gasteiger partial charge in [-0.15, -0.1) is 0 Å². The Balaban J connectivity index is 1.90. The summed E-state index contributed by atoms with van der Waals surface area (Å²) in [5, 5.41) is 3.50. The normalized spacial score (nSPS) is 10.9. The van der Waals surface area contributed by atoms with E-state index in [1.807, 2.05) is 23.6 Å². The number of hydrogen-bond donors (Lipinski definition) is 1. The van der Waals surface area contributed by atoms with Crippen molar-refractivity contribution >= 4 is 28.8 Å². The third-order valence-corrected chi connectivity index (χ3v) is 3.91. The molecule has 0 bridgehead atoms. The second-order valence-electron chi connectivity index (χ2n) is 5.10. The number of halogens is 1. The quantitative estimate of drug-likeness (QED) is 0.791. The molecular weight excluding hydrogens is 298 g/mol. The van der Waals surface area contributed by atoms with Crippen molar-refractivity contribution in [1.29, 1.82) is 0 Å². The molecule has 22 heavy (non-hydrogen) atoms. The molecule has 1 aromatic carbocycles. The lowest BCUT2D eigenvalue weighted by atomic mass is 10.2. The summed E-state index contributed by atoms with van der Waals surface area (Å²) in [5.41, 5.74) is 4.28. The van der Waals surface area contributed by atoms with E-state index in [9.17, 15) is 4.79 Å². The molecule has 112 valence electrons. The molecule has 3 aromatic rings. The van der Waals surface area contributed by atoms with Crippen molar-refractivity contribution in [3.05, 3.63) is 64.6 Å². The van der Waals surface area contributed by atoms with Crippen LogP contribution in [0.5, 0.6) is 0 Å². The molecule has 0 aliphatic rings. The van der Waals surface area contributed by atoms with Crippen molar-refractivity contribution in [2.45, 2.75) is 20.3 Å². The van der Waals surface area contributed by atoms with Crippen molar-refractivity contribution in [1.82, 2.24) is 9.38 Å². The van der Waals surface area contributed by atoms with Gasteiger partial charge in [-0.05, 0) is 49.7 Å². The van der Waals surface area contributed by atoms with Gasteiger partial charge in [-0.3, -0.25) is 4.79 Å². The first kappa shape index (κ1) is 14.6. The van der Waals surface area contributed by atoms with Crippen LogP contribution in [0.3, 0.4) is 0 Å². The van der Waals surface area contributed by atoms with Crippen LogP contribution < -0.4 is 5.32 Å². The summed E-state index contributed by atoms with van der Waals surface area (Å²) in [5.74, 6) is -0.157. The number of imidazole rings is 1. The molecular formula is C17H16ClN3O. The number of benzene rings is 1. The highest BCUT2D eigenvalue weighted by Crippen LogP contribution is 2.17. The van der Waals surface area contributed by atoms with Crippen molar-refractivity contribution in [3.63, 3.8) is 0 Å². The van der Waals surface area contributed by atoms with Crippen LogP contribution in [0.15, 0.2) is 42.6 Å². The average molecular weight is 314 g/mol. The number of hydrogen-bond acceptors (Lipinski definition) is 2. The summed E-state index contributed by atoms with van der Waals surface area (Å²) in [4.78, 5) is 16.9. The first-order chi connectivity index (χ1) is 10.6. The van der Waals surface area contributed by atoms with Gasteiger partial charge in [-0.2, -0.15) is 0 Å². The fourth-order valence-electron chi connectivity index (χ4n) is 2.42. The molecule has 0 aliphatic heterocycles. The number of amides is 1. The number of carbonyl (C=O) groups excluding carboxylic acids is 1. The first-order valence-electron chi connectivity index (χ1n) is 7.13. The van der Waals surface area contributed by atoms with E-state index in [2.05, 4.69) is 17.2 Å². The van der Waals surface area contributed by atoms with Crippen molar-refractivity contribution in [3.8, 4) is 0 Å². The SMILES string of the molecule is CCc1nc2ccc(C(=O)Nc3ccc(Cl)cc3)cn2c1C. The van der Waals surface area contributed by atoms with E-state index in [-0.39, 0.29) is 5.91 Å². The van der Waals surface area contributed by atoms with Crippen molar-refractivity contribution in [2.24, 2.45) is 0 Å². The lowest BCUT2D eigenvalue weighted by Gasteiger charge is -2.06. The van der Waals surface area contributed by atoms with Gasteiger partial charge >= 0.3 is 0 Å². The highest BCUT2D eigenvalue weighted by molar-refractivity contribution is 6.30. The number of rotatable bonds is 3. The predicted octanol–water partition coefficient (Wildman–Crippen LogP) is 4.11. The Labute approximate surface area is 133 Å². The lowest BCUT2D eigenvalue weighted by molar-refractivity contribution is 0.102. The molecule has 0 atom stereocenters. The summed E-state index contributed by atoms with van der Waals surface area (Å²) in [6, 6.07) is 10.7. The number of pyridine rings is 1. The van der Waals surface area contributed by atoms with Gasteiger partial charge < -0.3 is 9.72 Å². The smallest absolute Gasteiger partial charge is 0.257 e. The summed E-state index contributed by atoms with van der Waals surface area (Å²) < 4.78 is 1.95. The van der Waals surface area contributed by atoms with E-state index in [0.717, 1.165) is 23.5 Å². The second kappa shape index (κ2) is 5.81. The maximum absolute atomic E-state index is 12.4. The molecule has 2 aromatic heterocycles. The number of anilines is 1. The Hall–Kier alpha value is -2.33. The molecule has 0 unspecified atom stereocenters. The molecule has 1 amide bonds. The molecule has 4 nitrogen and oxygen atoms in total. The molecule has 5 heteroatoms. The molecule has 0 fully saturated rings. The minimum atomic E-state index is -0.157. The highest BCUT2D eigenvalue weighted by Gasteiger charge is 2.11. The zero-order chi connectivity index (χ0) is 15.7. The summed E-state index contributed by atoms with van der Waals surface area (Å²) in [6.07, 6.45) is 2.70. The van der Waals surface area contributed by atoms with E-state index in [1.54, 1.807) is 30.3 Å². The Morgan fingerprint density at radius 1 is 1.23 bits per heavy atom. The van der Waals surface area contributed by atoms with Gasteiger partial charge in [-0.1, -0.05) is 18.5 Å². The molecule has 1 N–H and O–H groups in total. The molecule has 0 saturated carbocycles. The van der Waals surface area contributed by atoms with Crippen LogP contribution >= 0.6 is 11.6 Å². The van der Waals surface area contributed by atoms with Crippen molar-refractivity contribution < 1.29 is 4.79 Å². The fraction of sp³-hybridized carbons (Fsp3) is 0.176. The van der Waals surface area contributed by atoms with E-state index < -0.39 is 0 Å². The van der Waals surface area contributed by atoms with Gasteiger partial charge in [0, 0.05) is 22.6 Å². The van der Waals surface area contributed by atoms with Crippen LogP contribution in [0.25, 0.3) is 5.65 Å². The Bertz CT molecular complexity index is 837. The largest absolute Gasteiger partial charge is 0.322 e. The molecule has 0 aliphatic carbocycles. The summed E-state index contributed by atoms with van der Waals surface area (Å²) >= 11 is 5.84. The van der Waals surface area contributed by atoms with E-state index in [0.29, 0.717) is 16.3 Å². The van der Waals surface area contributed by atoms with Crippen LogP contribution in [-0.4, -0.2) is 15.3 Å². The minimum Gasteiger partial charge on any atom is -0.322 e. The molecule has 3 rings (SSSR count). The van der Waals surface area contributed by atoms with Crippen LogP contribution in [0.1, 0.15) is 28.7 Å². The second-order valence-corrected chi connectivity index (χ2v) is 5.54. The Morgan fingerprint density at radius 3 is 2.64 bits per heavy atom. The highest BCUT2D eigenvalue weighted by atomic mass is 35.5. The molecule has 0 saturated heterocycles. The lowest BCUT2D eigenvalue weighted by Crippen LogP contribution is -2.12. The number of aromatic nitrogens is 2. The molecule has 0 radical (unpaired) electrons. The maximum atomic E-state index is 12.4. The van der Waals surface area contributed by atoms with Gasteiger partial charge in [0.15, 0.2) is 0 Å². The Kier molecular flexibility index (Phi) is 3.86. The number of fused-ring (bicyclic) bond motifs is 1. The van der Waals surface area contributed by atoms with E-state index >= 15 is 0 Å². The van der Waals surface area contributed by atoms with Crippen LogP contribution in [0.2, 0.25) is 5.02 Å². The van der Waals surface area contributed by atoms with Gasteiger partial charge in [0.05, 0.1) is 11.3 Å². The molecule has 2 heterocycles. The third kappa shape index (κ3) is 2.70. The van der Waals surface area contributed by atoms with Gasteiger partial charge in [0.25, 0.3) is 5.91 Å². The zero-order valence-electron chi connectivity index (χ0n) is 12.4. The van der Waals surface area contributed by atoms with Crippen LogP contribution in [0.4, 0.5) is 5.69 Å². The number of carbonyl (C=O) groups is 1. The minimum absolute atomic E-state index is 0.157. The number of nitrogens with zero attached hydrogens (tertiary/aromatic N) is 2. The average Bonchev–Trinajstić information content (AvgIpc) is 2.85. The number of nitrogens with one attached hydrogen (secondary N) is 1. The van der Waals surface area contributed by atoms with Crippen LogP contribution in [0, 0.1) is 6.92 Å². The van der Waals surface area contributed by atoms with Gasteiger partial charge in [0.1, 0.15) is 5.65 Å².